The molecule has 0 aromatic carbocycles. The molecule has 13 N–H and O–H groups in total. The van der Waals surface area contributed by atoms with Crippen molar-refractivity contribution in [3.63, 3.8) is 0 Å². The fourth-order valence-corrected chi connectivity index (χ4v) is 14.6. The molecule has 9 rings (SSSR count). The minimum absolute atomic E-state index is 0.0981. The van der Waals surface area contributed by atoms with Crippen molar-refractivity contribution in [2.45, 2.75) is 234 Å². The molecule has 4 aliphatic carbocycles. The summed E-state index contributed by atoms with van der Waals surface area (Å²) < 4.78 is 54.5. The zero-order valence-electron chi connectivity index (χ0n) is 42.5. The van der Waals surface area contributed by atoms with E-state index in [1.54, 1.807) is 0 Å². The molecule has 8 fully saturated rings. The number of ether oxygens (including phenoxy) is 9. The summed E-state index contributed by atoms with van der Waals surface area (Å²) in [5.41, 5.74) is -0.343. The monoisotopic (exact) mass is 1050 g/mol. The number of allylic oxidation sites excluding steroid dienone is 2. The van der Waals surface area contributed by atoms with Gasteiger partial charge in [0.05, 0.1) is 38.1 Å². The largest absolute Gasteiger partial charge is 0.492 e. The Morgan fingerprint density at radius 2 is 1.25 bits per heavy atom. The van der Waals surface area contributed by atoms with Gasteiger partial charge in [-0.25, -0.2) is 0 Å². The van der Waals surface area contributed by atoms with E-state index < -0.39 is 148 Å². The van der Waals surface area contributed by atoms with Crippen LogP contribution in [0.25, 0.3) is 0 Å². The molecule has 5 saturated heterocycles. The van der Waals surface area contributed by atoms with Crippen molar-refractivity contribution in [2.24, 2.45) is 40.4 Å². The lowest BCUT2D eigenvalue weighted by Crippen LogP contribution is -2.66. The normalized spacial score (nSPS) is 54.9. The summed E-state index contributed by atoms with van der Waals surface area (Å²) in [5, 5.41) is 139. The first-order chi connectivity index (χ1) is 34.4. The standard InChI is InChI=1S/C51H82O22/c1-20(19-65-45-38(60)37(59)34(56)29(17-52)70-45)7-10-31-51(6,64)44-28(69-31)16-27-25-9-8-23-15-24(11-13-49(23,4)26(25)12-14-50(27,44)5)68-48-43(73-47-40(62)36(58)33(55)22(3)67-47)41(63)42(30(18-53)71-48)72-46-39(61)35(57)32(54)21(2)66-46/h8,10,20-22,24-30,32-48,52-64H,7,9,11-19H2,1-6H3/b31-10-/t20-,21-,22-,24-,25+,26-,27-,28-,29+,30+,32-,33-,34+,35+,36+,37-,38+,39+,40+,41-,42+,43+,44-,45+,46-,47-,48+,49-,50-,51+/m0/s1. The number of hydrogen-bond acceptors (Lipinski definition) is 22. The van der Waals surface area contributed by atoms with Gasteiger partial charge in [0.2, 0.25) is 0 Å². The first-order valence-corrected chi connectivity index (χ1v) is 26.5. The maximum atomic E-state index is 12.3. The lowest BCUT2D eigenvalue weighted by molar-refractivity contribution is -0.388. The highest BCUT2D eigenvalue weighted by molar-refractivity contribution is 5.29. The van der Waals surface area contributed by atoms with Gasteiger partial charge >= 0.3 is 0 Å². The van der Waals surface area contributed by atoms with E-state index in [2.05, 4.69) is 19.9 Å². The molecule has 5 heterocycles. The average Bonchev–Trinajstić information content (AvgIpc) is 3.82. The van der Waals surface area contributed by atoms with E-state index in [-0.39, 0.29) is 35.4 Å². The number of aliphatic hydroxyl groups excluding tert-OH is 12. The molecule has 0 aromatic rings. The Morgan fingerprint density at radius 1 is 0.658 bits per heavy atom. The molecule has 0 bridgehead atoms. The molecule has 0 radical (unpaired) electrons. The third-order valence-electron chi connectivity index (χ3n) is 18.9. The molecular formula is C51H82O22. The highest BCUT2D eigenvalue weighted by atomic mass is 16.8. The molecule has 30 atom stereocenters. The summed E-state index contributed by atoms with van der Waals surface area (Å²) in [4.78, 5) is 0. The second-order valence-corrected chi connectivity index (χ2v) is 23.5. The molecule has 0 unspecified atom stereocenters. The predicted molar refractivity (Wildman–Crippen MR) is 249 cm³/mol. The Kier molecular flexibility index (Phi) is 16.6. The topological polar surface area (TPSA) is 346 Å². The lowest BCUT2D eigenvalue weighted by atomic mass is 9.46. The Morgan fingerprint density at radius 3 is 1.88 bits per heavy atom. The zero-order valence-corrected chi connectivity index (χ0v) is 42.5. The maximum absolute atomic E-state index is 12.3. The van der Waals surface area contributed by atoms with Crippen LogP contribution in [0.5, 0.6) is 0 Å². The smallest absolute Gasteiger partial charge is 0.187 e. The molecule has 73 heavy (non-hydrogen) atoms. The van der Waals surface area contributed by atoms with E-state index in [1.165, 1.54) is 19.4 Å². The average molecular weight is 1050 g/mol. The minimum atomic E-state index is -1.75. The first kappa shape index (κ1) is 56.2. The summed E-state index contributed by atoms with van der Waals surface area (Å²) in [5.74, 6) is 1.30. The predicted octanol–water partition coefficient (Wildman–Crippen LogP) is -2.06. The van der Waals surface area contributed by atoms with Crippen LogP contribution < -0.4 is 0 Å². The molecule has 0 amide bonds. The fraction of sp³-hybridized carbons (Fsp3) is 0.922. The van der Waals surface area contributed by atoms with E-state index >= 15 is 0 Å². The molecule has 5 aliphatic heterocycles. The van der Waals surface area contributed by atoms with Crippen molar-refractivity contribution in [3.8, 4) is 0 Å². The highest BCUT2D eigenvalue weighted by Crippen LogP contribution is 2.70. The van der Waals surface area contributed by atoms with Crippen LogP contribution in [-0.4, -0.2) is 227 Å². The van der Waals surface area contributed by atoms with Crippen molar-refractivity contribution < 1.29 is 109 Å². The van der Waals surface area contributed by atoms with Crippen molar-refractivity contribution >= 4 is 0 Å². The molecule has 22 nitrogen and oxygen atoms in total. The molecule has 9 aliphatic rings. The molecular weight excluding hydrogens is 965 g/mol. The fourth-order valence-electron chi connectivity index (χ4n) is 14.6. The Balaban J connectivity index is 0.860. The quantitative estimate of drug-likeness (QED) is 0.0882. The Labute approximate surface area is 425 Å². The van der Waals surface area contributed by atoms with Crippen molar-refractivity contribution in [1.82, 2.24) is 0 Å². The summed E-state index contributed by atoms with van der Waals surface area (Å²) in [6.45, 7) is 10.3. The molecule has 3 saturated carbocycles. The van der Waals surface area contributed by atoms with Crippen LogP contribution in [0.15, 0.2) is 23.5 Å². The Bertz CT molecular complexity index is 1960. The van der Waals surface area contributed by atoms with Gasteiger partial charge in [0.25, 0.3) is 0 Å². The number of aliphatic hydroxyl groups is 13. The van der Waals surface area contributed by atoms with Crippen LogP contribution in [0.2, 0.25) is 0 Å². The molecule has 418 valence electrons. The minimum Gasteiger partial charge on any atom is -0.492 e. The van der Waals surface area contributed by atoms with Gasteiger partial charge in [0.15, 0.2) is 25.2 Å². The summed E-state index contributed by atoms with van der Waals surface area (Å²) in [7, 11) is 0. The van der Waals surface area contributed by atoms with Gasteiger partial charge in [-0.2, -0.15) is 0 Å². The summed E-state index contributed by atoms with van der Waals surface area (Å²) >= 11 is 0. The van der Waals surface area contributed by atoms with Gasteiger partial charge in [-0.15, -0.1) is 0 Å². The van der Waals surface area contributed by atoms with Gasteiger partial charge < -0.3 is 109 Å². The molecule has 0 aromatic heterocycles. The number of hydrogen-bond donors (Lipinski definition) is 13. The van der Waals surface area contributed by atoms with Crippen molar-refractivity contribution in [1.29, 1.82) is 0 Å². The SMILES string of the molecule is C[C@@H](C/C=C1\O[C@H]2C[C@H]3[C@@H]4CC=C5C[C@@H](O[C@@H]6O[C@H](CO)[C@@H](O[C@@H]7O[C@@H](C)[C@H](O)[C@@H](O)[C@H]7O)[C@H](O)[C@H]6O[C@@H]6O[C@@H](C)[C@H](O)[C@@H](O)[C@H]6O)CC[C@]5(C)[C@H]4CC[C@]3(C)[C@H]2[C@]1(C)O)CO[C@@H]1O[C@H](CO)[C@@H](O)[C@H](O)[C@H]1O. The maximum Gasteiger partial charge on any atom is 0.187 e. The summed E-state index contributed by atoms with van der Waals surface area (Å²) in [6, 6.07) is 0. The van der Waals surface area contributed by atoms with Crippen molar-refractivity contribution in [3.05, 3.63) is 23.5 Å². The molecule has 22 heteroatoms. The van der Waals surface area contributed by atoms with E-state index in [9.17, 15) is 66.4 Å². The summed E-state index contributed by atoms with van der Waals surface area (Å²) in [6.07, 6.45) is -19.4. The van der Waals surface area contributed by atoms with Gasteiger partial charge in [0, 0.05) is 5.92 Å². The van der Waals surface area contributed by atoms with Crippen LogP contribution in [0, 0.1) is 40.4 Å². The van der Waals surface area contributed by atoms with E-state index in [1.807, 2.05) is 19.9 Å². The second kappa shape index (κ2) is 21.6. The number of fused-ring (bicyclic) bond motifs is 7. The third-order valence-corrected chi connectivity index (χ3v) is 18.9. The van der Waals surface area contributed by atoms with E-state index in [4.69, 9.17) is 42.6 Å². The van der Waals surface area contributed by atoms with Crippen LogP contribution in [-0.2, 0) is 42.6 Å². The number of rotatable bonds is 13. The van der Waals surface area contributed by atoms with Crippen LogP contribution >= 0.6 is 0 Å². The zero-order chi connectivity index (χ0) is 52.8. The van der Waals surface area contributed by atoms with Crippen LogP contribution in [0.4, 0.5) is 0 Å². The third kappa shape index (κ3) is 10.0. The lowest BCUT2D eigenvalue weighted by Gasteiger charge is -2.58. The van der Waals surface area contributed by atoms with Gasteiger partial charge in [0.1, 0.15) is 103 Å². The van der Waals surface area contributed by atoms with E-state index in [0.717, 1.165) is 32.1 Å². The first-order valence-electron chi connectivity index (χ1n) is 26.5. The van der Waals surface area contributed by atoms with Crippen molar-refractivity contribution in [2.75, 3.05) is 19.8 Å². The molecule has 0 spiro atoms. The van der Waals surface area contributed by atoms with Crippen LogP contribution in [0.1, 0.15) is 92.9 Å². The van der Waals surface area contributed by atoms with E-state index in [0.29, 0.717) is 42.8 Å². The van der Waals surface area contributed by atoms with Gasteiger partial charge in [-0.05, 0) is 113 Å². The highest BCUT2D eigenvalue weighted by Gasteiger charge is 2.69. The van der Waals surface area contributed by atoms with Gasteiger partial charge in [-0.1, -0.05) is 32.4 Å². The Hall–Kier alpha value is -1.56. The van der Waals surface area contributed by atoms with Gasteiger partial charge in [-0.3, -0.25) is 0 Å². The van der Waals surface area contributed by atoms with Crippen LogP contribution in [0.3, 0.4) is 0 Å². The second-order valence-electron chi connectivity index (χ2n) is 23.5.